The number of para-hydroxylation sites is 1. The third-order valence-electron chi connectivity index (χ3n) is 4.12. The first-order valence-corrected chi connectivity index (χ1v) is 8.84. The third kappa shape index (κ3) is 6.62. The number of anilines is 1. The van der Waals surface area contributed by atoms with Crippen LogP contribution in [0.3, 0.4) is 0 Å². The van der Waals surface area contributed by atoms with Gasteiger partial charge in [0.25, 0.3) is 0 Å². The number of benzene rings is 2. The van der Waals surface area contributed by atoms with Crippen LogP contribution in [-0.4, -0.2) is 18.2 Å². The van der Waals surface area contributed by atoms with Gasteiger partial charge in [-0.1, -0.05) is 56.3 Å². The molecule has 0 fully saturated rings. The number of hydrogen-bond donors (Lipinski definition) is 2. The molecule has 0 aliphatic carbocycles. The van der Waals surface area contributed by atoms with Crippen LogP contribution < -0.4 is 10.6 Å². The second kappa shape index (κ2) is 11.4. The minimum atomic E-state index is -0.137. The Kier molecular flexibility index (Phi) is 9.63. The highest BCUT2D eigenvalue weighted by molar-refractivity contribution is 6.00. The van der Waals surface area contributed by atoms with Crippen molar-refractivity contribution in [1.29, 1.82) is 0 Å². The van der Waals surface area contributed by atoms with Gasteiger partial charge < -0.3 is 10.6 Å². The summed E-state index contributed by atoms with van der Waals surface area (Å²) >= 11 is 0. The van der Waals surface area contributed by atoms with E-state index in [1.54, 1.807) is 0 Å². The van der Waals surface area contributed by atoms with Crippen molar-refractivity contribution in [2.45, 2.75) is 39.7 Å². The number of ketones is 1. The van der Waals surface area contributed by atoms with E-state index in [2.05, 4.69) is 17.6 Å². The van der Waals surface area contributed by atoms with E-state index in [1.807, 2.05) is 55.5 Å². The standard InChI is InChI=1S/C21H26N2O2.ClH/c1-3-16-9-11-17(12-10-16)20(24)13-14-21(25)23-19-8-6-5-7-18(19)15-22-4-2;/h5-12,22H,3-4,13-15H2,1-2H3,(H,23,25);1H. The van der Waals surface area contributed by atoms with E-state index in [0.29, 0.717) is 12.1 Å². The molecule has 0 spiro atoms. The van der Waals surface area contributed by atoms with E-state index in [0.717, 1.165) is 24.2 Å². The van der Waals surface area contributed by atoms with E-state index in [9.17, 15) is 9.59 Å². The first-order valence-electron chi connectivity index (χ1n) is 8.84. The topological polar surface area (TPSA) is 58.2 Å². The summed E-state index contributed by atoms with van der Waals surface area (Å²) in [6.07, 6.45) is 1.35. The lowest BCUT2D eigenvalue weighted by Crippen LogP contribution is -2.17. The molecular weight excluding hydrogens is 348 g/mol. The molecule has 0 saturated heterocycles. The number of halogens is 1. The van der Waals surface area contributed by atoms with Crippen molar-refractivity contribution < 1.29 is 9.59 Å². The van der Waals surface area contributed by atoms with E-state index < -0.39 is 0 Å². The third-order valence-corrected chi connectivity index (χ3v) is 4.12. The summed E-state index contributed by atoms with van der Waals surface area (Å²) in [7, 11) is 0. The summed E-state index contributed by atoms with van der Waals surface area (Å²) in [5.74, 6) is -0.138. The van der Waals surface area contributed by atoms with Crippen LogP contribution in [0.1, 0.15) is 48.2 Å². The molecule has 2 N–H and O–H groups in total. The Bertz CT molecular complexity index is 714. The predicted molar refractivity (Wildman–Crippen MR) is 109 cm³/mol. The van der Waals surface area contributed by atoms with Gasteiger partial charge in [0, 0.05) is 30.6 Å². The maximum absolute atomic E-state index is 12.2. The minimum absolute atomic E-state index is 0. The molecule has 0 heterocycles. The Morgan fingerprint density at radius 3 is 2.27 bits per heavy atom. The molecule has 0 radical (unpaired) electrons. The molecule has 0 aliphatic rings. The normalized spacial score (nSPS) is 10.1. The highest BCUT2D eigenvalue weighted by Crippen LogP contribution is 2.16. The van der Waals surface area contributed by atoms with Gasteiger partial charge in [0.15, 0.2) is 5.78 Å². The van der Waals surface area contributed by atoms with Crippen LogP contribution in [0, 0.1) is 0 Å². The number of aryl methyl sites for hydroxylation is 1. The van der Waals surface area contributed by atoms with E-state index in [-0.39, 0.29) is 36.9 Å². The summed E-state index contributed by atoms with van der Waals surface area (Å²) in [4.78, 5) is 24.4. The van der Waals surface area contributed by atoms with Gasteiger partial charge in [-0.3, -0.25) is 9.59 Å². The molecule has 4 nitrogen and oxygen atoms in total. The summed E-state index contributed by atoms with van der Waals surface area (Å²) in [6, 6.07) is 15.3. The van der Waals surface area contributed by atoms with Gasteiger partial charge in [-0.2, -0.15) is 0 Å². The lowest BCUT2D eigenvalue weighted by molar-refractivity contribution is -0.116. The van der Waals surface area contributed by atoms with Gasteiger partial charge in [0.05, 0.1) is 0 Å². The fourth-order valence-corrected chi connectivity index (χ4v) is 2.57. The smallest absolute Gasteiger partial charge is 0.224 e. The summed E-state index contributed by atoms with van der Waals surface area (Å²) in [5.41, 5.74) is 3.71. The molecule has 2 rings (SSSR count). The van der Waals surface area contributed by atoms with Crippen LogP contribution in [0.25, 0.3) is 0 Å². The van der Waals surface area contributed by atoms with Gasteiger partial charge >= 0.3 is 0 Å². The van der Waals surface area contributed by atoms with Crippen LogP contribution >= 0.6 is 12.4 Å². The van der Waals surface area contributed by atoms with E-state index in [4.69, 9.17) is 0 Å². The zero-order chi connectivity index (χ0) is 18.1. The van der Waals surface area contributed by atoms with Crippen molar-refractivity contribution in [3.63, 3.8) is 0 Å². The Morgan fingerprint density at radius 2 is 1.62 bits per heavy atom. The average molecular weight is 375 g/mol. The molecule has 26 heavy (non-hydrogen) atoms. The van der Waals surface area contributed by atoms with Gasteiger partial charge in [0.2, 0.25) is 5.91 Å². The number of amides is 1. The Morgan fingerprint density at radius 1 is 0.923 bits per heavy atom. The van der Waals surface area contributed by atoms with Crippen LogP contribution in [0.4, 0.5) is 5.69 Å². The first-order chi connectivity index (χ1) is 12.1. The Labute approximate surface area is 161 Å². The van der Waals surface area contributed by atoms with Crippen molar-refractivity contribution in [3.05, 3.63) is 65.2 Å². The second-order valence-corrected chi connectivity index (χ2v) is 5.96. The van der Waals surface area contributed by atoms with Gasteiger partial charge in [-0.05, 0) is 30.2 Å². The summed E-state index contributed by atoms with van der Waals surface area (Å²) in [5, 5.41) is 6.17. The molecule has 0 aromatic heterocycles. The van der Waals surface area contributed by atoms with Crippen molar-refractivity contribution in [3.8, 4) is 0 Å². The molecule has 5 heteroatoms. The number of carbonyl (C=O) groups is 2. The predicted octanol–water partition coefficient (Wildman–Crippen LogP) is 4.38. The summed E-state index contributed by atoms with van der Waals surface area (Å²) in [6.45, 7) is 5.69. The second-order valence-electron chi connectivity index (χ2n) is 5.96. The Hall–Kier alpha value is -2.17. The fraction of sp³-hybridized carbons (Fsp3) is 0.333. The molecule has 0 saturated carbocycles. The molecule has 2 aromatic rings. The Balaban J connectivity index is 0.00000338. The SMILES string of the molecule is CCNCc1ccccc1NC(=O)CCC(=O)c1ccc(CC)cc1.Cl. The molecule has 1 amide bonds. The molecule has 0 bridgehead atoms. The van der Waals surface area contributed by atoms with Gasteiger partial charge in [-0.15, -0.1) is 12.4 Å². The molecule has 0 unspecified atom stereocenters. The van der Waals surface area contributed by atoms with Crippen molar-refractivity contribution in [1.82, 2.24) is 5.32 Å². The number of carbonyl (C=O) groups excluding carboxylic acids is 2. The number of nitrogens with one attached hydrogen (secondary N) is 2. The lowest BCUT2D eigenvalue weighted by Gasteiger charge is -2.11. The highest BCUT2D eigenvalue weighted by Gasteiger charge is 2.11. The minimum Gasteiger partial charge on any atom is -0.326 e. The monoisotopic (exact) mass is 374 g/mol. The highest BCUT2D eigenvalue weighted by atomic mass is 35.5. The van der Waals surface area contributed by atoms with Crippen LogP contribution in [0.2, 0.25) is 0 Å². The zero-order valence-corrected chi connectivity index (χ0v) is 16.2. The van der Waals surface area contributed by atoms with Crippen LogP contribution in [0.5, 0.6) is 0 Å². The number of Topliss-reactive ketones (excluding diaryl/α,β-unsaturated/α-hetero) is 1. The molecule has 2 aromatic carbocycles. The zero-order valence-electron chi connectivity index (χ0n) is 15.4. The average Bonchev–Trinajstić information content (AvgIpc) is 2.65. The maximum atomic E-state index is 12.2. The van der Waals surface area contributed by atoms with Gasteiger partial charge in [0.1, 0.15) is 0 Å². The fourth-order valence-electron chi connectivity index (χ4n) is 2.57. The summed E-state index contributed by atoms with van der Waals surface area (Å²) < 4.78 is 0. The van der Waals surface area contributed by atoms with E-state index in [1.165, 1.54) is 5.56 Å². The van der Waals surface area contributed by atoms with Crippen LogP contribution in [-0.2, 0) is 17.8 Å². The van der Waals surface area contributed by atoms with Crippen LogP contribution in [0.15, 0.2) is 48.5 Å². The van der Waals surface area contributed by atoms with Crippen molar-refractivity contribution >= 4 is 29.8 Å². The quantitative estimate of drug-likeness (QED) is 0.640. The molecule has 0 aliphatic heterocycles. The number of hydrogen-bond acceptors (Lipinski definition) is 3. The number of rotatable bonds is 9. The first kappa shape index (κ1) is 21.9. The molecule has 0 atom stereocenters. The lowest BCUT2D eigenvalue weighted by atomic mass is 10.0. The van der Waals surface area contributed by atoms with Crippen molar-refractivity contribution in [2.75, 3.05) is 11.9 Å². The maximum Gasteiger partial charge on any atom is 0.224 e. The van der Waals surface area contributed by atoms with Gasteiger partial charge in [-0.25, -0.2) is 0 Å². The largest absolute Gasteiger partial charge is 0.326 e. The molecular formula is C21H27ClN2O2. The van der Waals surface area contributed by atoms with E-state index >= 15 is 0 Å². The van der Waals surface area contributed by atoms with Crippen molar-refractivity contribution in [2.24, 2.45) is 0 Å². The molecule has 140 valence electrons.